The number of amides is 1. The molecule has 34 heavy (non-hydrogen) atoms. The summed E-state index contributed by atoms with van der Waals surface area (Å²) in [6.07, 6.45) is 2.57. The van der Waals surface area contributed by atoms with Crippen molar-refractivity contribution in [3.05, 3.63) is 53.9 Å². The van der Waals surface area contributed by atoms with Gasteiger partial charge in [-0.15, -0.1) is 0 Å². The number of carbonyl (C=O) groups excluding carboxylic acids is 2. The summed E-state index contributed by atoms with van der Waals surface area (Å²) in [6, 6.07) is 6.70. The third-order valence-corrected chi connectivity index (χ3v) is 6.01. The minimum absolute atomic E-state index is 0.144. The van der Waals surface area contributed by atoms with E-state index < -0.39 is 11.6 Å². The molecule has 178 valence electrons. The number of anilines is 1. The highest BCUT2D eigenvalue weighted by Gasteiger charge is 2.28. The van der Waals surface area contributed by atoms with E-state index in [2.05, 4.69) is 9.97 Å². The lowest BCUT2D eigenvalue weighted by atomic mass is 9.96. The van der Waals surface area contributed by atoms with E-state index in [0.29, 0.717) is 49.3 Å². The van der Waals surface area contributed by atoms with Gasteiger partial charge >= 0.3 is 5.97 Å². The summed E-state index contributed by atoms with van der Waals surface area (Å²) < 4.78 is 34.9. The van der Waals surface area contributed by atoms with E-state index in [0.717, 1.165) is 6.07 Å². The van der Waals surface area contributed by atoms with Crippen LogP contribution < -0.4 is 4.90 Å². The summed E-state index contributed by atoms with van der Waals surface area (Å²) in [5.74, 6) is -1.36. The van der Waals surface area contributed by atoms with Crippen LogP contribution in [-0.4, -0.2) is 60.5 Å². The van der Waals surface area contributed by atoms with Crippen molar-refractivity contribution in [2.75, 3.05) is 38.7 Å². The van der Waals surface area contributed by atoms with E-state index >= 15 is 4.39 Å². The van der Waals surface area contributed by atoms with Crippen molar-refractivity contribution in [2.45, 2.75) is 19.8 Å². The van der Waals surface area contributed by atoms with Crippen molar-refractivity contribution >= 4 is 28.6 Å². The van der Waals surface area contributed by atoms with Crippen LogP contribution in [0.15, 0.2) is 36.7 Å². The molecule has 1 fully saturated rings. The number of carbonyl (C=O) groups is 2. The fourth-order valence-corrected chi connectivity index (χ4v) is 4.29. The summed E-state index contributed by atoms with van der Waals surface area (Å²) in [7, 11) is 3.17. The Labute approximate surface area is 196 Å². The zero-order chi connectivity index (χ0) is 24.4. The normalized spacial score (nSPS) is 14.3. The maximum atomic E-state index is 15.1. The molecule has 9 heteroatoms. The van der Waals surface area contributed by atoms with Crippen LogP contribution in [0.3, 0.4) is 0 Å². The number of nitrogens with zero attached hydrogens (tertiary/aromatic N) is 4. The standard InChI is InChI=1S/C25H26F2N4O3/c1-4-34-25(33)15-7-9-31(10-8-15)23-20-13-17(26)12-19(22(20)28-14-29-23)18-6-5-16(11-21(18)27)24(32)30(2)3/h5-6,11-15H,4,7-10H2,1-3H3. The second kappa shape index (κ2) is 9.70. The molecule has 0 saturated carbocycles. The van der Waals surface area contributed by atoms with Crippen LogP contribution in [0.4, 0.5) is 14.6 Å². The number of benzene rings is 2. The molecule has 2 heterocycles. The van der Waals surface area contributed by atoms with Crippen LogP contribution in [0.2, 0.25) is 0 Å². The molecule has 0 spiro atoms. The van der Waals surface area contributed by atoms with E-state index in [1.54, 1.807) is 21.0 Å². The van der Waals surface area contributed by atoms with Gasteiger partial charge in [0.05, 0.1) is 18.0 Å². The van der Waals surface area contributed by atoms with Crippen molar-refractivity contribution in [2.24, 2.45) is 5.92 Å². The molecular formula is C25H26F2N4O3. The van der Waals surface area contributed by atoms with Crippen LogP contribution in [-0.2, 0) is 9.53 Å². The molecule has 0 atom stereocenters. The second-order valence-electron chi connectivity index (χ2n) is 8.45. The summed E-state index contributed by atoms with van der Waals surface area (Å²) in [5.41, 5.74) is 1.03. The number of esters is 1. The molecule has 3 aromatic rings. The van der Waals surface area contributed by atoms with Gasteiger partial charge in [-0.1, -0.05) is 6.07 Å². The molecule has 1 saturated heterocycles. The molecule has 4 rings (SSSR count). The smallest absolute Gasteiger partial charge is 0.309 e. The van der Waals surface area contributed by atoms with Gasteiger partial charge in [-0.25, -0.2) is 18.7 Å². The van der Waals surface area contributed by atoms with Crippen LogP contribution in [0, 0.1) is 17.6 Å². The number of hydrogen-bond donors (Lipinski definition) is 0. The maximum absolute atomic E-state index is 15.1. The Hall–Kier alpha value is -3.62. The van der Waals surface area contributed by atoms with Crippen LogP contribution in [0.5, 0.6) is 0 Å². The Bertz CT molecular complexity index is 1240. The van der Waals surface area contributed by atoms with Crippen LogP contribution in [0.1, 0.15) is 30.1 Å². The molecule has 0 aliphatic carbocycles. The van der Waals surface area contributed by atoms with Gasteiger partial charge in [0.1, 0.15) is 23.8 Å². The largest absolute Gasteiger partial charge is 0.466 e. The molecular weight excluding hydrogens is 442 g/mol. The van der Waals surface area contributed by atoms with Gasteiger partial charge in [-0.3, -0.25) is 9.59 Å². The van der Waals surface area contributed by atoms with E-state index in [9.17, 15) is 14.0 Å². The fraction of sp³-hybridized carbons (Fsp3) is 0.360. The predicted octanol–water partition coefficient (Wildman–Crippen LogP) is 4.06. The zero-order valence-electron chi connectivity index (χ0n) is 19.3. The lowest BCUT2D eigenvalue weighted by Crippen LogP contribution is -2.37. The number of piperidine rings is 1. The van der Waals surface area contributed by atoms with Crippen LogP contribution in [0.25, 0.3) is 22.0 Å². The van der Waals surface area contributed by atoms with Gasteiger partial charge in [0.2, 0.25) is 0 Å². The van der Waals surface area contributed by atoms with Crippen molar-refractivity contribution < 1.29 is 23.1 Å². The Balaban J connectivity index is 1.70. The lowest BCUT2D eigenvalue weighted by molar-refractivity contribution is -0.148. The van der Waals surface area contributed by atoms with Gasteiger partial charge in [0.25, 0.3) is 5.91 Å². The molecule has 1 aromatic heterocycles. The first-order chi connectivity index (χ1) is 16.3. The SMILES string of the molecule is CCOC(=O)C1CCN(c2ncnc3c(-c4ccc(C(=O)N(C)C)cc4F)cc(F)cc23)CC1. The highest BCUT2D eigenvalue weighted by Crippen LogP contribution is 2.35. The zero-order valence-corrected chi connectivity index (χ0v) is 19.3. The van der Waals surface area contributed by atoms with Crippen molar-refractivity contribution in [1.29, 1.82) is 0 Å². The average molecular weight is 469 g/mol. The molecule has 2 aromatic carbocycles. The number of aromatic nitrogens is 2. The highest BCUT2D eigenvalue weighted by molar-refractivity contribution is 6.00. The Morgan fingerprint density at radius 3 is 2.47 bits per heavy atom. The minimum Gasteiger partial charge on any atom is -0.466 e. The average Bonchev–Trinajstić information content (AvgIpc) is 2.83. The number of halogens is 2. The lowest BCUT2D eigenvalue weighted by Gasteiger charge is -2.32. The topological polar surface area (TPSA) is 75.6 Å². The third-order valence-electron chi connectivity index (χ3n) is 6.01. The number of hydrogen-bond acceptors (Lipinski definition) is 6. The summed E-state index contributed by atoms with van der Waals surface area (Å²) in [5, 5.41) is 0.458. The number of fused-ring (bicyclic) bond motifs is 1. The Kier molecular flexibility index (Phi) is 6.72. The number of ether oxygens (including phenoxy) is 1. The van der Waals surface area contributed by atoms with E-state index in [-0.39, 0.29) is 34.5 Å². The van der Waals surface area contributed by atoms with Gasteiger partial charge in [0, 0.05) is 49.3 Å². The Morgan fingerprint density at radius 1 is 1.09 bits per heavy atom. The highest BCUT2D eigenvalue weighted by atomic mass is 19.1. The van der Waals surface area contributed by atoms with E-state index in [1.807, 2.05) is 4.90 Å². The third kappa shape index (κ3) is 4.55. The summed E-state index contributed by atoms with van der Waals surface area (Å²) in [4.78, 5) is 36.3. The second-order valence-corrected chi connectivity index (χ2v) is 8.45. The van der Waals surface area contributed by atoms with Crippen molar-refractivity contribution in [3.8, 4) is 11.1 Å². The molecule has 0 radical (unpaired) electrons. The quantitative estimate of drug-likeness (QED) is 0.526. The van der Waals surface area contributed by atoms with Crippen molar-refractivity contribution in [1.82, 2.24) is 14.9 Å². The summed E-state index contributed by atoms with van der Waals surface area (Å²) in [6.45, 7) is 3.23. The predicted molar refractivity (Wildman–Crippen MR) is 124 cm³/mol. The molecule has 1 aliphatic rings. The first-order valence-corrected chi connectivity index (χ1v) is 11.2. The van der Waals surface area contributed by atoms with Gasteiger partial charge < -0.3 is 14.5 Å². The van der Waals surface area contributed by atoms with Crippen molar-refractivity contribution in [3.63, 3.8) is 0 Å². The van der Waals surface area contributed by atoms with Gasteiger partial charge in [-0.05, 0) is 44.0 Å². The monoisotopic (exact) mass is 468 g/mol. The molecule has 1 amide bonds. The van der Waals surface area contributed by atoms with E-state index in [4.69, 9.17) is 4.74 Å². The molecule has 0 N–H and O–H groups in total. The summed E-state index contributed by atoms with van der Waals surface area (Å²) >= 11 is 0. The van der Waals surface area contributed by atoms with Crippen LogP contribution >= 0.6 is 0 Å². The Morgan fingerprint density at radius 2 is 1.82 bits per heavy atom. The minimum atomic E-state index is -0.644. The molecule has 0 bridgehead atoms. The molecule has 1 aliphatic heterocycles. The molecule has 0 unspecified atom stereocenters. The fourth-order valence-electron chi connectivity index (χ4n) is 4.29. The first-order valence-electron chi connectivity index (χ1n) is 11.2. The molecule has 7 nitrogen and oxygen atoms in total. The maximum Gasteiger partial charge on any atom is 0.309 e. The first kappa shape index (κ1) is 23.5. The van der Waals surface area contributed by atoms with Gasteiger partial charge in [0.15, 0.2) is 0 Å². The van der Waals surface area contributed by atoms with Gasteiger partial charge in [-0.2, -0.15) is 0 Å². The van der Waals surface area contributed by atoms with E-state index in [1.165, 1.54) is 35.5 Å². The number of rotatable bonds is 5.